The van der Waals surface area contributed by atoms with Gasteiger partial charge in [-0.1, -0.05) is 29.3 Å². The minimum atomic E-state index is -0.622. The molecule has 0 aliphatic heterocycles. The lowest BCUT2D eigenvalue weighted by Gasteiger charge is -2.20. The Morgan fingerprint density at radius 1 is 1.14 bits per heavy atom. The predicted molar refractivity (Wildman–Crippen MR) is 138 cm³/mol. The molecule has 0 unspecified atom stereocenters. The van der Waals surface area contributed by atoms with E-state index in [1.54, 1.807) is 24.4 Å². The van der Waals surface area contributed by atoms with Crippen LogP contribution in [-0.4, -0.2) is 28.4 Å². The third-order valence-corrected chi connectivity index (χ3v) is 5.73. The number of methoxy groups -OCH3 is 1. The Bertz CT molecular complexity index is 1480. The Morgan fingerprint density at radius 2 is 1.91 bits per heavy atom. The molecule has 0 spiro atoms. The maximum Gasteiger partial charge on any atom is 0.418 e. The van der Waals surface area contributed by atoms with Gasteiger partial charge in [0.1, 0.15) is 17.4 Å². The van der Waals surface area contributed by atoms with E-state index in [-0.39, 0.29) is 0 Å². The second kappa shape index (κ2) is 9.49. The van der Waals surface area contributed by atoms with Crippen LogP contribution in [-0.2, 0) is 4.74 Å². The zero-order valence-electron chi connectivity index (χ0n) is 19.5. The van der Waals surface area contributed by atoms with Crippen molar-refractivity contribution in [3.05, 3.63) is 70.5 Å². The molecule has 0 bridgehead atoms. The molecule has 2 aromatic carbocycles. The highest BCUT2D eigenvalue weighted by molar-refractivity contribution is 6.37. The van der Waals surface area contributed by atoms with Crippen LogP contribution in [0.25, 0.3) is 22.2 Å². The first-order valence-electron chi connectivity index (χ1n) is 10.7. The van der Waals surface area contributed by atoms with Crippen molar-refractivity contribution in [3.8, 4) is 23.1 Å². The number of nitrogens with one attached hydrogen (secondary N) is 1. The summed E-state index contributed by atoms with van der Waals surface area (Å²) in [5.41, 5.74) is 2.83. The highest BCUT2D eigenvalue weighted by atomic mass is 35.5. The average Bonchev–Trinajstić information content (AvgIpc) is 3.29. The number of nitrogens with zero attached hydrogens (tertiary/aromatic N) is 3. The van der Waals surface area contributed by atoms with Crippen molar-refractivity contribution in [3.63, 3.8) is 0 Å². The van der Waals surface area contributed by atoms with Crippen molar-refractivity contribution in [1.82, 2.24) is 9.55 Å². The first-order valence-corrected chi connectivity index (χ1v) is 11.4. The van der Waals surface area contributed by atoms with Crippen LogP contribution in [0.3, 0.4) is 0 Å². The van der Waals surface area contributed by atoms with Crippen LogP contribution in [0.5, 0.6) is 5.75 Å². The summed E-state index contributed by atoms with van der Waals surface area (Å²) in [6.07, 6.45) is 2.67. The number of carbonyl (C=O) groups excluding carboxylic acids is 1. The number of ether oxygens (including phenoxy) is 2. The van der Waals surface area contributed by atoms with Crippen LogP contribution < -0.4 is 10.1 Å². The molecule has 0 radical (unpaired) electrons. The molecule has 0 saturated carbocycles. The molecule has 1 N–H and O–H groups in total. The lowest BCUT2D eigenvalue weighted by molar-refractivity contribution is 0.0540. The molecule has 0 atom stereocenters. The van der Waals surface area contributed by atoms with E-state index in [1.165, 1.54) is 17.9 Å². The van der Waals surface area contributed by atoms with Gasteiger partial charge in [0.05, 0.1) is 45.3 Å². The van der Waals surface area contributed by atoms with Crippen LogP contribution >= 0.6 is 23.2 Å². The summed E-state index contributed by atoms with van der Waals surface area (Å²) in [4.78, 5) is 17.1. The van der Waals surface area contributed by atoms with Gasteiger partial charge in [0, 0.05) is 29.4 Å². The van der Waals surface area contributed by atoms with Gasteiger partial charge in [-0.15, -0.1) is 0 Å². The number of nitriles is 1. The molecular weight excluding hydrogens is 487 g/mol. The fourth-order valence-electron chi connectivity index (χ4n) is 3.57. The van der Waals surface area contributed by atoms with Crippen molar-refractivity contribution >= 4 is 51.6 Å². The van der Waals surface area contributed by atoms with Gasteiger partial charge in [-0.25, -0.2) is 4.79 Å². The largest absolute Gasteiger partial charge is 0.495 e. The molecule has 7 nitrogen and oxygen atoms in total. The van der Waals surface area contributed by atoms with Crippen LogP contribution in [0.1, 0.15) is 26.3 Å². The molecule has 2 heterocycles. The van der Waals surface area contributed by atoms with E-state index in [9.17, 15) is 10.1 Å². The van der Waals surface area contributed by atoms with E-state index in [1.807, 2.05) is 45.0 Å². The monoisotopic (exact) mass is 508 g/mol. The van der Waals surface area contributed by atoms with Gasteiger partial charge in [-0.3, -0.25) is 9.55 Å². The number of pyridine rings is 1. The molecule has 0 fully saturated rings. The van der Waals surface area contributed by atoms with Crippen molar-refractivity contribution < 1.29 is 14.3 Å². The molecule has 35 heavy (non-hydrogen) atoms. The summed E-state index contributed by atoms with van der Waals surface area (Å²) >= 11 is 12.6. The average molecular weight is 509 g/mol. The SMILES string of the molecule is COc1cc(Nc2c(C#N)cnc3cc(-c4cccn4C(=O)OC(C)(C)C)ccc23)c(Cl)cc1Cl. The normalized spacial score (nSPS) is 11.2. The standard InChI is InChI=1S/C26H22Cl2N4O3/c1-26(2,3)35-25(33)32-9-5-6-22(32)15-7-8-17-20(10-15)30-14-16(13-29)24(17)31-21-12-23(34-4)19(28)11-18(21)27/h5-12,14H,1-4H3,(H,30,31). The fourth-order valence-corrected chi connectivity index (χ4v) is 4.08. The van der Waals surface area contributed by atoms with Gasteiger partial charge in [0.2, 0.25) is 0 Å². The summed E-state index contributed by atoms with van der Waals surface area (Å²) in [5, 5.41) is 14.4. The lowest BCUT2D eigenvalue weighted by Crippen LogP contribution is -2.27. The smallest absolute Gasteiger partial charge is 0.418 e. The number of halogens is 2. The lowest BCUT2D eigenvalue weighted by atomic mass is 10.0. The van der Waals surface area contributed by atoms with Crippen LogP contribution in [0, 0.1) is 11.3 Å². The van der Waals surface area contributed by atoms with Crippen molar-refractivity contribution in [2.24, 2.45) is 0 Å². The molecule has 0 amide bonds. The number of aromatic nitrogens is 2. The van der Waals surface area contributed by atoms with E-state index >= 15 is 0 Å². The van der Waals surface area contributed by atoms with Gasteiger partial charge in [-0.05, 0) is 51.1 Å². The Balaban J connectivity index is 1.78. The van der Waals surface area contributed by atoms with Crippen molar-refractivity contribution in [1.29, 1.82) is 5.26 Å². The van der Waals surface area contributed by atoms with E-state index in [0.717, 1.165) is 5.56 Å². The van der Waals surface area contributed by atoms with E-state index in [0.29, 0.717) is 49.3 Å². The third-order valence-electron chi connectivity index (χ3n) is 5.13. The van der Waals surface area contributed by atoms with Crippen LogP contribution in [0.4, 0.5) is 16.2 Å². The van der Waals surface area contributed by atoms with E-state index in [4.69, 9.17) is 32.7 Å². The predicted octanol–water partition coefficient (Wildman–Crippen LogP) is 7.42. The van der Waals surface area contributed by atoms with Crippen molar-refractivity contribution in [2.75, 3.05) is 12.4 Å². The summed E-state index contributed by atoms with van der Waals surface area (Å²) < 4.78 is 12.3. The maximum absolute atomic E-state index is 12.7. The second-order valence-corrected chi connectivity index (χ2v) is 9.54. The van der Waals surface area contributed by atoms with E-state index < -0.39 is 11.7 Å². The summed E-state index contributed by atoms with van der Waals surface area (Å²) in [7, 11) is 1.51. The molecule has 2 aromatic heterocycles. The molecule has 178 valence electrons. The summed E-state index contributed by atoms with van der Waals surface area (Å²) in [6, 6.07) is 14.6. The summed E-state index contributed by atoms with van der Waals surface area (Å²) in [5.74, 6) is 0.445. The number of carbonyl (C=O) groups is 1. The van der Waals surface area contributed by atoms with Crippen molar-refractivity contribution in [2.45, 2.75) is 26.4 Å². The first kappa shape index (κ1) is 24.4. The van der Waals surface area contributed by atoms with Crippen LogP contribution in [0.15, 0.2) is 54.9 Å². The maximum atomic E-state index is 12.7. The molecular formula is C26H22Cl2N4O3. The zero-order chi connectivity index (χ0) is 25.3. The molecule has 9 heteroatoms. The number of benzene rings is 2. The fraction of sp³-hybridized carbons (Fsp3) is 0.192. The number of rotatable bonds is 4. The highest BCUT2D eigenvalue weighted by Crippen LogP contribution is 2.38. The van der Waals surface area contributed by atoms with Gasteiger partial charge in [0.25, 0.3) is 0 Å². The molecule has 0 aliphatic rings. The van der Waals surface area contributed by atoms with E-state index in [2.05, 4.69) is 16.4 Å². The molecule has 0 aliphatic carbocycles. The van der Waals surface area contributed by atoms with Crippen LogP contribution in [0.2, 0.25) is 10.0 Å². The molecule has 4 rings (SSSR count). The van der Waals surface area contributed by atoms with Gasteiger partial charge in [-0.2, -0.15) is 5.26 Å². The zero-order valence-corrected chi connectivity index (χ0v) is 21.0. The number of hydrogen-bond donors (Lipinski definition) is 1. The first-order chi connectivity index (χ1) is 16.6. The minimum absolute atomic E-state index is 0.340. The second-order valence-electron chi connectivity index (χ2n) is 8.73. The number of fused-ring (bicyclic) bond motifs is 1. The van der Waals surface area contributed by atoms with Gasteiger partial charge >= 0.3 is 6.09 Å². The number of anilines is 2. The Labute approximate surface area is 212 Å². The topological polar surface area (TPSA) is 89.2 Å². The quantitative estimate of drug-likeness (QED) is 0.308. The van der Waals surface area contributed by atoms with Gasteiger partial charge in [0.15, 0.2) is 0 Å². The molecule has 0 saturated heterocycles. The molecule has 4 aromatic rings. The van der Waals surface area contributed by atoms with Gasteiger partial charge < -0.3 is 14.8 Å². The Kier molecular flexibility index (Phi) is 6.62. The highest BCUT2D eigenvalue weighted by Gasteiger charge is 2.20. The minimum Gasteiger partial charge on any atom is -0.495 e. The Morgan fingerprint density at radius 3 is 2.60 bits per heavy atom. The Hall–Kier alpha value is -3.73. The third kappa shape index (κ3) is 5.04. The summed E-state index contributed by atoms with van der Waals surface area (Å²) in [6.45, 7) is 5.45. The number of hydrogen-bond acceptors (Lipinski definition) is 6.